The van der Waals surface area contributed by atoms with Crippen LogP contribution in [0.4, 0.5) is 17.1 Å². The fourth-order valence-corrected chi connectivity index (χ4v) is 5.45. The van der Waals surface area contributed by atoms with Gasteiger partial charge >= 0.3 is 0 Å². The molecule has 0 spiro atoms. The number of rotatable bonds is 6. The molecule has 0 bridgehead atoms. The highest BCUT2D eigenvalue weighted by Crippen LogP contribution is 2.30. The summed E-state index contributed by atoms with van der Waals surface area (Å²) in [6.45, 7) is 0. The van der Waals surface area contributed by atoms with Crippen molar-refractivity contribution < 1.29 is 0 Å². The molecule has 0 saturated carbocycles. The standard InChI is InChI=1S/C37H31N3/c38-25-36-30(16-10-27-11-19-32(39)20-12-27)17-18-31-24-28(15-23-34(31)36)9-8-26-13-21-33(22-14-26)40-37-7-3-5-29-4-1-2-6-35(29)37/h3,5,7-24,40H,1-2,4,6,39H2/b9-8-,16-10+. The second-order valence-corrected chi connectivity index (χ2v) is 10.4. The SMILES string of the molecule is N#Cc1c(/C=C/c2ccc(N)cc2)ccc2cc(/C=C\c3ccc(Nc4cccc5c4CCCC5)cc3)ccc12. The lowest BCUT2D eigenvalue weighted by Crippen LogP contribution is -2.06. The van der Waals surface area contributed by atoms with Crippen molar-refractivity contribution in [3.63, 3.8) is 0 Å². The number of aryl methyl sites for hydroxylation is 1. The minimum atomic E-state index is 0.683. The van der Waals surface area contributed by atoms with E-state index in [-0.39, 0.29) is 0 Å². The van der Waals surface area contributed by atoms with Crippen LogP contribution in [-0.2, 0) is 12.8 Å². The number of hydrogen-bond donors (Lipinski definition) is 2. The Labute approximate surface area is 235 Å². The van der Waals surface area contributed by atoms with E-state index >= 15 is 0 Å². The third-order valence-corrected chi connectivity index (χ3v) is 7.63. The molecule has 194 valence electrons. The Hall–Kier alpha value is -5.07. The van der Waals surface area contributed by atoms with E-state index < -0.39 is 0 Å². The summed E-state index contributed by atoms with van der Waals surface area (Å²) in [5, 5.41) is 15.6. The molecular formula is C37H31N3. The molecule has 3 nitrogen and oxygen atoms in total. The molecule has 1 aliphatic carbocycles. The highest BCUT2D eigenvalue weighted by molar-refractivity contribution is 5.94. The van der Waals surface area contributed by atoms with Crippen LogP contribution in [0.15, 0.2) is 97.1 Å². The maximum absolute atomic E-state index is 9.93. The zero-order chi connectivity index (χ0) is 27.3. The van der Waals surface area contributed by atoms with Crippen molar-refractivity contribution in [2.24, 2.45) is 0 Å². The molecule has 40 heavy (non-hydrogen) atoms. The predicted octanol–water partition coefficient (Wildman–Crippen LogP) is 9.26. The third-order valence-electron chi connectivity index (χ3n) is 7.63. The second-order valence-electron chi connectivity index (χ2n) is 10.4. The van der Waals surface area contributed by atoms with E-state index in [4.69, 9.17) is 5.73 Å². The maximum Gasteiger partial charge on any atom is 0.100 e. The molecule has 0 fully saturated rings. The predicted molar refractivity (Wildman–Crippen MR) is 170 cm³/mol. The average Bonchev–Trinajstić information content (AvgIpc) is 3.00. The molecule has 0 saturated heterocycles. The molecule has 0 amide bonds. The van der Waals surface area contributed by atoms with Crippen LogP contribution in [0, 0.1) is 11.3 Å². The van der Waals surface area contributed by atoms with Crippen LogP contribution in [-0.4, -0.2) is 0 Å². The summed E-state index contributed by atoms with van der Waals surface area (Å²) in [6.07, 6.45) is 13.1. The molecule has 3 N–H and O–H groups in total. The lowest BCUT2D eigenvalue weighted by Gasteiger charge is -2.20. The van der Waals surface area contributed by atoms with E-state index in [2.05, 4.69) is 84.2 Å². The topological polar surface area (TPSA) is 61.8 Å². The number of nitriles is 1. The van der Waals surface area contributed by atoms with Crippen LogP contribution in [0.1, 0.15) is 51.8 Å². The van der Waals surface area contributed by atoms with E-state index in [0.29, 0.717) is 5.56 Å². The number of nitrogen functional groups attached to an aromatic ring is 1. The summed E-state index contributed by atoms with van der Waals surface area (Å²) in [6, 6.07) is 35.6. The fraction of sp³-hybridized carbons (Fsp3) is 0.108. The van der Waals surface area contributed by atoms with Crippen LogP contribution >= 0.6 is 0 Å². The lowest BCUT2D eigenvalue weighted by atomic mass is 9.90. The highest BCUT2D eigenvalue weighted by Gasteiger charge is 2.13. The van der Waals surface area contributed by atoms with Gasteiger partial charge in [0, 0.05) is 22.4 Å². The van der Waals surface area contributed by atoms with Crippen molar-refractivity contribution in [3.05, 3.63) is 136 Å². The van der Waals surface area contributed by atoms with E-state index in [9.17, 15) is 5.26 Å². The van der Waals surface area contributed by atoms with Gasteiger partial charge in [0.05, 0.1) is 5.56 Å². The lowest BCUT2D eigenvalue weighted by molar-refractivity contribution is 0.687. The largest absolute Gasteiger partial charge is 0.399 e. The average molecular weight is 518 g/mol. The van der Waals surface area contributed by atoms with Crippen molar-refractivity contribution in [1.82, 2.24) is 0 Å². The minimum absolute atomic E-state index is 0.683. The van der Waals surface area contributed by atoms with Gasteiger partial charge in [-0.1, -0.05) is 85.0 Å². The number of nitrogens with zero attached hydrogens (tertiary/aromatic N) is 1. The van der Waals surface area contributed by atoms with Crippen LogP contribution in [0.2, 0.25) is 0 Å². The highest BCUT2D eigenvalue weighted by atomic mass is 14.9. The Kier molecular flexibility index (Phi) is 7.16. The Morgan fingerprint density at radius 2 is 1.40 bits per heavy atom. The van der Waals surface area contributed by atoms with Crippen molar-refractivity contribution in [3.8, 4) is 6.07 Å². The number of nitrogens with one attached hydrogen (secondary N) is 1. The van der Waals surface area contributed by atoms with Gasteiger partial charge in [-0.2, -0.15) is 5.26 Å². The van der Waals surface area contributed by atoms with Crippen LogP contribution < -0.4 is 11.1 Å². The van der Waals surface area contributed by atoms with E-state index in [0.717, 1.165) is 50.8 Å². The van der Waals surface area contributed by atoms with Gasteiger partial charge in [0.2, 0.25) is 0 Å². The fourth-order valence-electron chi connectivity index (χ4n) is 5.45. The molecule has 0 radical (unpaired) electrons. The normalized spacial score (nSPS) is 13.0. The van der Waals surface area contributed by atoms with Gasteiger partial charge in [-0.3, -0.25) is 0 Å². The number of anilines is 3. The summed E-state index contributed by atoms with van der Waals surface area (Å²) >= 11 is 0. The second kappa shape index (κ2) is 11.4. The summed E-state index contributed by atoms with van der Waals surface area (Å²) in [4.78, 5) is 0. The minimum Gasteiger partial charge on any atom is -0.399 e. The van der Waals surface area contributed by atoms with Gasteiger partial charge < -0.3 is 11.1 Å². The van der Waals surface area contributed by atoms with Crippen LogP contribution in [0.3, 0.4) is 0 Å². The molecule has 3 heteroatoms. The number of hydrogen-bond acceptors (Lipinski definition) is 3. The van der Waals surface area contributed by atoms with E-state index in [1.54, 1.807) is 0 Å². The molecular weight excluding hydrogens is 486 g/mol. The molecule has 6 rings (SSSR count). The maximum atomic E-state index is 9.93. The Morgan fingerprint density at radius 3 is 2.20 bits per heavy atom. The molecule has 0 unspecified atom stereocenters. The Bertz CT molecular complexity index is 1770. The van der Waals surface area contributed by atoms with Gasteiger partial charge in [-0.05, 0) is 101 Å². The van der Waals surface area contributed by atoms with Gasteiger partial charge in [0.25, 0.3) is 0 Å². The monoisotopic (exact) mass is 517 g/mol. The summed E-state index contributed by atoms with van der Waals surface area (Å²) in [7, 11) is 0. The first kappa shape index (κ1) is 25.2. The Morgan fingerprint density at radius 1 is 0.700 bits per heavy atom. The van der Waals surface area contributed by atoms with Gasteiger partial charge in [0.1, 0.15) is 6.07 Å². The van der Waals surface area contributed by atoms with Crippen molar-refractivity contribution in [1.29, 1.82) is 5.26 Å². The molecule has 0 atom stereocenters. The Balaban J connectivity index is 1.17. The van der Waals surface area contributed by atoms with Gasteiger partial charge in [-0.25, -0.2) is 0 Å². The molecule has 1 aliphatic rings. The number of nitrogens with two attached hydrogens (primary N) is 1. The first-order valence-electron chi connectivity index (χ1n) is 13.8. The van der Waals surface area contributed by atoms with Crippen LogP contribution in [0.25, 0.3) is 35.1 Å². The molecule has 0 heterocycles. The molecule has 5 aromatic carbocycles. The first-order chi connectivity index (χ1) is 19.7. The zero-order valence-electron chi connectivity index (χ0n) is 22.4. The smallest absolute Gasteiger partial charge is 0.100 e. The summed E-state index contributed by atoms with van der Waals surface area (Å²) in [5.74, 6) is 0. The summed E-state index contributed by atoms with van der Waals surface area (Å²) < 4.78 is 0. The van der Waals surface area contributed by atoms with Gasteiger partial charge in [-0.15, -0.1) is 0 Å². The molecule has 5 aromatic rings. The number of fused-ring (bicyclic) bond motifs is 2. The van der Waals surface area contributed by atoms with Crippen molar-refractivity contribution >= 4 is 52.1 Å². The van der Waals surface area contributed by atoms with Gasteiger partial charge in [0.15, 0.2) is 0 Å². The summed E-state index contributed by atoms with van der Waals surface area (Å²) in [5.41, 5.74) is 16.7. The number of benzene rings is 5. The van der Waals surface area contributed by atoms with E-state index in [1.165, 1.54) is 36.1 Å². The first-order valence-corrected chi connectivity index (χ1v) is 13.8. The molecule has 0 aliphatic heterocycles. The van der Waals surface area contributed by atoms with Crippen LogP contribution in [0.5, 0.6) is 0 Å². The quantitative estimate of drug-likeness (QED) is 0.174. The van der Waals surface area contributed by atoms with Crippen molar-refractivity contribution in [2.45, 2.75) is 25.7 Å². The van der Waals surface area contributed by atoms with E-state index in [1.807, 2.05) is 48.6 Å². The third kappa shape index (κ3) is 5.53. The molecule has 0 aromatic heterocycles. The van der Waals surface area contributed by atoms with Crippen molar-refractivity contribution in [2.75, 3.05) is 11.1 Å². The zero-order valence-corrected chi connectivity index (χ0v) is 22.4.